The molecule has 3 rings (SSSR count). The van der Waals surface area contributed by atoms with Gasteiger partial charge in [-0.3, -0.25) is 4.68 Å². The maximum atomic E-state index is 13.3. The Morgan fingerprint density at radius 3 is 2.84 bits per heavy atom. The van der Waals surface area contributed by atoms with Crippen LogP contribution in [0.4, 0.5) is 10.2 Å². The third-order valence-corrected chi connectivity index (χ3v) is 2.89. The molecule has 2 heterocycles. The SMILES string of the molecule is [C-]#[N+]c1ccc2c(n1)c(-c1cccc(F)c1)nn2C. The minimum Gasteiger partial charge on any atom is -0.361 e. The van der Waals surface area contributed by atoms with E-state index in [2.05, 4.69) is 14.9 Å². The highest BCUT2D eigenvalue weighted by Crippen LogP contribution is 2.28. The van der Waals surface area contributed by atoms with E-state index in [4.69, 9.17) is 6.57 Å². The lowest BCUT2D eigenvalue weighted by Gasteiger charge is -1.95. The van der Waals surface area contributed by atoms with E-state index >= 15 is 0 Å². The first-order valence-electron chi connectivity index (χ1n) is 5.66. The number of aromatic nitrogens is 3. The van der Waals surface area contributed by atoms with Crippen molar-refractivity contribution in [1.82, 2.24) is 14.8 Å². The fraction of sp³-hybridized carbons (Fsp3) is 0.0714. The molecule has 0 amide bonds. The van der Waals surface area contributed by atoms with Crippen LogP contribution in [0.3, 0.4) is 0 Å². The maximum absolute atomic E-state index is 13.3. The molecule has 0 atom stereocenters. The second kappa shape index (κ2) is 4.18. The second-order valence-corrected chi connectivity index (χ2v) is 4.13. The summed E-state index contributed by atoms with van der Waals surface area (Å²) >= 11 is 0. The molecule has 0 aliphatic heterocycles. The van der Waals surface area contributed by atoms with Crippen LogP contribution in [0.15, 0.2) is 36.4 Å². The van der Waals surface area contributed by atoms with Gasteiger partial charge < -0.3 is 4.85 Å². The van der Waals surface area contributed by atoms with Gasteiger partial charge in [0.15, 0.2) is 0 Å². The Morgan fingerprint density at radius 1 is 1.26 bits per heavy atom. The summed E-state index contributed by atoms with van der Waals surface area (Å²) in [6.07, 6.45) is 0. The summed E-state index contributed by atoms with van der Waals surface area (Å²) in [4.78, 5) is 7.57. The lowest BCUT2D eigenvalue weighted by atomic mass is 10.1. The van der Waals surface area contributed by atoms with Crippen LogP contribution in [0.5, 0.6) is 0 Å². The normalized spacial score (nSPS) is 10.6. The van der Waals surface area contributed by atoms with Crippen molar-refractivity contribution in [3.63, 3.8) is 0 Å². The summed E-state index contributed by atoms with van der Waals surface area (Å²) in [5, 5.41) is 4.36. The number of nitrogens with zero attached hydrogens (tertiary/aromatic N) is 4. The molecule has 0 aliphatic rings. The standard InChI is InChI=1S/C14H9FN4/c1-16-12-7-6-11-14(17-12)13(18-19(11)2)9-4-3-5-10(15)8-9/h3-8H,2H3. The van der Waals surface area contributed by atoms with Gasteiger partial charge in [0, 0.05) is 12.6 Å². The first kappa shape index (κ1) is 11.4. The predicted octanol–water partition coefficient (Wildman–Crippen LogP) is 3.33. The number of hydrogen-bond acceptors (Lipinski definition) is 2. The number of benzene rings is 1. The third kappa shape index (κ3) is 1.83. The second-order valence-electron chi connectivity index (χ2n) is 4.13. The van der Waals surface area contributed by atoms with Gasteiger partial charge in [-0.15, -0.1) is 4.98 Å². The summed E-state index contributed by atoms with van der Waals surface area (Å²) in [7, 11) is 1.80. The molecule has 0 fully saturated rings. The average Bonchev–Trinajstić information content (AvgIpc) is 2.75. The van der Waals surface area contributed by atoms with Crippen molar-refractivity contribution >= 4 is 16.9 Å². The van der Waals surface area contributed by atoms with Crippen LogP contribution in [-0.4, -0.2) is 14.8 Å². The van der Waals surface area contributed by atoms with E-state index in [0.717, 1.165) is 5.52 Å². The van der Waals surface area contributed by atoms with Gasteiger partial charge in [0.1, 0.15) is 17.0 Å². The zero-order valence-corrected chi connectivity index (χ0v) is 10.1. The fourth-order valence-electron chi connectivity index (χ4n) is 2.02. The van der Waals surface area contributed by atoms with Crippen molar-refractivity contribution in [2.24, 2.45) is 7.05 Å². The molecular formula is C14H9FN4. The Bertz CT molecular complexity index is 814. The van der Waals surface area contributed by atoms with E-state index in [-0.39, 0.29) is 5.82 Å². The Balaban J connectivity index is 2.32. The molecular weight excluding hydrogens is 243 g/mol. The number of fused-ring (bicyclic) bond motifs is 1. The highest BCUT2D eigenvalue weighted by molar-refractivity contribution is 5.91. The maximum Gasteiger partial charge on any atom is 0.270 e. The Morgan fingerprint density at radius 2 is 2.11 bits per heavy atom. The predicted molar refractivity (Wildman–Crippen MR) is 70.2 cm³/mol. The van der Waals surface area contributed by atoms with Crippen molar-refractivity contribution in [3.8, 4) is 11.3 Å². The van der Waals surface area contributed by atoms with Crippen LogP contribution in [-0.2, 0) is 7.05 Å². The van der Waals surface area contributed by atoms with E-state index in [0.29, 0.717) is 22.6 Å². The Labute approximate surface area is 108 Å². The molecule has 0 radical (unpaired) electrons. The summed E-state index contributed by atoms with van der Waals surface area (Å²) in [6, 6.07) is 9.64. The molecule has 5 heteroatoms. The molecule has 19 heavy (non-hydrogen) atoms. The number of halogens is 1. The van der Waals surface area contributed by atoms with Crippen LogP contribution in [0, 0.1) is 12.4 Å². The first-order valence-corrected chi connectivity index (χ1v) is 5.66. The highest BCUT2D eigenvalue weighted by atomic mass is 19.1. The fourth-order valence-corrected chi connectivity index (χ4v) is 2.02. The van der Waals surface area contributed by atoms with Crippen LogP contribution in [0.25, 0.3) is 27.1 Å². The lowest BCUT2D eigenvalue weighted by molar-refractivity contribution is 0.628. The Kier molecular flexibility index (Phi) is 2.50. The molecule has 0 saturated heterocycles. The molecule has 92 valence electrons. The van der Waals surface area contributed by atoms with Crippen molar-refractivity contribution in [1.29, 1.82) is 0 Å². The summed E-state index contributed by atoms with van der Waals surface area (Å²) in [6.45, 7) is 7.01. The molecule has 0 unspecified atom stereocenters. The number of pyridine rings is 1. The van der Waals surface area contributed by atoms with E-state index in [1.54, 1.807) is 36.0 Å². The molecule has 0 N–H and O–H groups in total. The van der Waals surface area contributed by atoms with E-state index in [1.165, 1.54) is 12.1 Å². The molecule has 0 saturated carbocycles. The van der Waals surface area contributed by atoms with E-state index in [9.17, 15) is 4.39 Å². The molecule has 0 aliphatic carbocycles. The number of rotatable bonds is 1. The van der Waals surface area contributed by atoms with Gasteiger partial charge in [-0.1, -0.05) is 18.7 Å². The number of hydrogen-bond donors (Lipinski definition) is 0. The monoisotopic (exact) mass is 252 g/mol. The van der Waals surface area contributed by atoms with Gasteiger partial charge >= 0.3 is 0 Å². The molecule has 2 aromatic heterocycles. The van der Waals surface area contributed by atoms with Gasteiger partial charge in [-0.25, -0.2) is 4.39 Å². The van der Waals surface area contributed by atoms with Crippen LogP contribution in [0.1, 0.15) is 0 Å². The minimum atomic E-state index is -0.322. The summed E-state index contributed by atoms with van der Waals surface area (Å²) < 4.78 is 15.0. The van der Waals surface area contributed by atoms with Crippen molar-refractivity contribution in [2.45, 2.75) is 0 Å². The molecule has 0 spiro atoms. The zero-order chi connectivity index (χ0) is 13.4. The lowest BCUT2D eigenvalue weighted by Crippen LogP contribution is -1.89. The summed E-state index contributed by atoms with van der Waals surface area (Å²) in [5.41, 5.74) is 2.66. The average molecular weight is 252 g/mol. The van der Waals surface area contributed by atoms with E-state index < -0.39 is 0 Å². The van der Waals surface area contributed by atoms with Crippen molar-refractivity contribution < 1.29 is 4.39 Å². The molecule has 0 bridgehead atoms. The minimum absolute atomic E-state index is 0.304. The smallest absolute Gasteiger partial charge is 0.270 e. The van der Waals surface area contributed by atoms with Gasteiger partial charge in [-0.05, 0) is 24.3 Å². The summed E-state index contributed by atoms with van der Waals surface area (Å²) in [5.74, 6) is -0.0178. The van der Waals surface area contributed by atoms with Gasteiger partial charge in [0.25, 0.3) is 5.82 Å². The first-order chi connectivity index (χ1) is 9.19. The van der Waals surface area contributed by atoms with Crippen LogP contribution in [0.2, 0.25) is 0 Å². The quantitative estimate of drug-likeness (QED) is 0.623. The van der Waals surface area contributed by atoms with Crippen molar-refractivity contribution in [3.05, 3.63) is 53.6 Å². The Hall–Kier alpha value is -2.74. The third-order valence-electron chi connectivity index (χ3n) is 2.89. The molecule has 3 aromatic rings. The molecule has 1 aromatic carbocycles. The van der Waals surface area contributed by atoms with E-state index in [1.807, 2.05) is 0 Å². The van der Waals surface area contributed by atoms with Crippen LogP contribution < -0.4 is 0 Å². The zero-order valence-electron chi connectivity index (χ0n) is 10.1. The molecule has 4 nitrogen and oxygen atoms in total. The topological polar surface area (TPSA) is 35.1 Å². The van der Waals surface area contributed by atoms with Gasteiger partial charge in [0.05, 0.1) is 0 Å². The van der Waals surface area contributed by atoms with Crippen molar-refractivity contribution in [2.75, 3.05) is 0 Å². The van der Waals surface area contributed by atoms with Gasteiger partial charge in [0.2, 0.25) is 5.52 Å². The van der Waals surface area contributed by atoms with Crippen LogP contribution >= 0.6 is 0 Å². The largest absolute Gasteiger partial charge is 0.361 e. The highest BCUT2D eigenvalue weighted by Gasteiger charge is 2.16. The van der Waals surface area contributed by atoms with Gasteiger partial charge in [-0.2, -0.15) is 5.10 Å². The number of aryl methyl sites for hydroxylation is 1.